The standard InChI is InChI=1S/C23H25BrN4O2/c1-5-27(6-2)22(29)20-14(3)25-23-26-17-9-7-8-10-18(17)28(23)21(20)16-13-15(24)11-12-19(16)30-4/h7-13,21H,5-6H2,1-4H3,(H,25,26). The van der Waals surface area contributed by atoms with Crippen LogP contribution in [0, 0.1) is 0 Å². The zero-order valence-electron chi connectivity index (χ0n) is 17.6. The number of fused-ring (bicyclic) bond motifs is 3. The van der Waals surface area contributed by atoms with E-state index in [4.69, 9.17) is 9.72 Å². The molecule has 3 aromatic rings. The highest BCUT2D eigenvalue weighted by molar-refractivity contribution is 9.10. The number of hydrogen-bond acceptors (Lipinski definition) is 4. The molecule has 30 heavy (non-hydrogen) atoms. The van der Waals surface area contributed by atoms with Gasteiger partial charge >= 0.3 is 0 Å². The summed E-state index contributed by atoms with van der Waals surface area (Å²) < 4.78 is 8.74. The van der Waals surface area contributed by atoms with Gasteiger partial charge in [0.15, 0.2) is 0 Å². The molecule has 0 fully saturated rings. The third kappa shape index (κ3) is 3.27. The molecule has 1 amide bonds. The highest BCUT2D eigenvalue weighted by Gasteiger charge is 2.37. The van der Waals surface area contributed by atoms with E-state index in [0.717, 1.165) is 38.5 Å². The van der Waals surface area contributed by atoms with E-state index in [2.05, 4.69) is 25.8 Å². The number of benzene rings is 2. The van der Waals surface area contributed by atoms with Crippen LogP contribution < -0.4 is 10.1 Å². The first-order valence-electron chi connectivity index (χ1n) is 10.1. The molecule has 0 saturated carbocycles. The number of aromatic nitrogens is 2. The number of likely N-dealkylation sites (N-methyl/N-ethyl adjacent to an activating group) is 1. The van der Waals surface area contributed by atoms with Gasteiger partial charge in [0.05, 0.1) is 29.8 Å². The third-order valence-corrected chi connectivity index (χ3v) is 6.09. The fourth-order valence-corrected chi connectivity index (χ4v) is 4.51. The number of ether oxygens (including phenoxy) is 1. The summed E-state index contributed by atoms with van der Waals surface area (Å²) in [5.74, 6) is 1.46. The Labute approximate surface area is 184 Å². The summed E-state index contributed by atoms with van der Waals surface area (Å²) in [6.45, 7) is 7.23. The van der Waals surface area contributed by atoms with Gasteiger partial charge in [-0.2, -0.15) is 0 Å². The Hall–Kier alpha value is -2.80. The van der Waals surface area contributed by atoms with Gasteiger partial charge in [0.25, 0.3) is 5.91 Å². The Balaban J connectivity index is 2.03. The Morgan fingerprint density at radius 2 is 1.97 bits per heavy atom. The zero-order chi connectivity index (χ0) is 21.4. The van der Waals surface area contributed by atoms with Crippen molar-refractivity contribution in [1.29, 1.82) is 0 Å². The van der Waals surface area contributed by atoms with Crippen molar-refractivity contribution in [1.82, 2.24) is 14.5 Å². The number of amides is 1. The van der Waals surface area contributed by atoms with Crippen molar-refractivity contribution in [2.75, 3.05) is 25.5 Å². The molecule has 1 atom stereocenters. The summed E-state index contributed by atoms with van der Waals surface area (Å²) >= 11 is 3.59. The first-order chi connectivity index (χ1) is 14.5. The molecule has 1 aliphatic rings. The van der Waals surface area contributed by atoms with Crippen LogP contribution in [0.15, 0.2) is 58.2 Å². The molecule has 1 unspecified atom stereocenters. The molecule has 1 aliphatic heterocycles. The summed E-state index contributed by atoms with van der Waals surface area (Å²) in [6, 6.07) is 13.5. The van der Waals surface area contributed by atoms with E-state index in [1.54, 1.807) is 7.11 Å². The average molecular weight is 469 g/mol. The van der Waals surface area contributed by atoms with Crippen LogP contribution in [-0.4, -0.2) is 40.6 Å². The monoisotopic (exact) mass is 468 g/mol. The normalized spacial score (nSPS) is 15.7. The minimum absolute atomic E-state index is 0.0143. The molecule has 0 spiro atoms. The molecule has 4 rings (SSSR count). The first kappa shape index (κ1) is 20.5. The summed E-state index contributed by atoms with van der Waals surface area (Å²) in [6.07, 6.45) is 0. The van der Waals surface area contributed by atoms with Crippen molar-refractivity contribution in [3.05, 3.63) is 63.8 Å². The van der Waals surface area contributed by atoms with Gasteiger partial charge in [-0.3, -0.25) is 9.36 Å². The molecule has 1 aromatic heterocycles. The second-order valence-corrected chi connectivity index (χ2v) is 8.14. The van der Waals surface area contributed by atoms with Crippen LogP contribution in [0.25, 0.3) is 11.0 Å². The largest absolute Gasteiger partial charge is 0.496 e. The van der Waals surface area contributed by atoms with Crippen molar-refractivity contribution >= 4 is 38.8 Å². The maximum Gasteiger partial charge on any atom is 0.253 e. The number of para-hydroxylation sites is 2. The fraction of sp³-hybridized carbons (Fsp3) is 0.304. The van der Waals surface area contributed by atoms with E-state index in [9.17, 15) is 4.79 Å². The number of imidazole rings is 1. The summed E-state index contributed by atoms with van der Waals surface area (Å²) in [7, 11) is 1.66. The molecule has 0 saturated heterocycles. The van der Waals surface area contributed by atoms with E-state index < -0.39 is 0 Å². The lowest BCUT2D eigenvalue weighted by Crippen LogP contribution is -2.38. The maximum absolute atomic E-state index is 13.6. The van der Waals surface area contributed by atoms with Crippen molar-refractivity contribution in [2.24, 2.45) is 0 Å². The van der Waals surface area contributed by atoms with Gasteiger partial charge in [0.2, 0.25) is 5.95 Å². The minimum Gasteiger partial charge on any atom is -0.496 e. The number of carbonyl (C=O) groups is 1. The highest BCUT2D eigenvalue weighted by atomic mass is 79.9. The van der Waals surface area contributed by atoms with E-state index >= 15 is 0 Å². The van der Waals surface area contributed by atoms with E-state index in [1.165, 1.54) is 0 Å². The van der Waals surface area contributed by atoms with Crippen LogP contribution in [0.1, 0.15) is 32.4 Å². The Bertz CT molecular complexity index is 1150. The van der Waals surface area contributed by atoms with Crippen LogP contribution in [0.2, 0.25) is 0 Å². The molecule has 1 N–H and O–H groups in total. The van der Waals surface area contributed by atoms with Gasteiger partial charge in [-0.15, -0.1) is 0 Å². The molecule has 0 radical (unpaired) electrons. The topological polar surface area (TPSA) is 59.4 Å². The smallest absolute Gasteiger partial charge is 0.253 e. The first-order valence-corrected chi connectivity index (χ1v) is 10.9. The Morgan fingerprint density at radius 3 is 2.67 bits per heavy atom. The molecule has 2 heterocycles. The minimum atomic E-state index is -0.366. The molecule has 0 bridgehead atoms. The lowest BCUT2D eigenvalue weighted by atomic mass is 9.93. The average Bonchev–Trinajstić information content (AvgIpc) is 3.11. The Kier molecular flexibility index (Phi) is 5.56. The molecule has 6 nitrogen and oxygen atoms in total. The van der Waals surface area contributed by atoms with Gasteiger partial charge in [-0.1, -0.05) is 28.1 Å². The number of methoxy groups -OCH3 is 1. The summed E-state index contributed by atoms with van der Waals surface area (Å²) in [5.41, 5.74) is 4.26. The molecule has 0 aliphatic carbocycles. The third-order valence-electron chi connectivity index (χ3n) is 5.60. The number of carbonyl (C=O) groups excluding carboxylic acids is 1. The number of halogens is 1. The van der Waals surface area contributed by atoms with Gasteiger partial charge in [-0.05, 0) is 51.1 Å². The second-order valence-electron chi connectivity index (χ2n) is 7.22. The van der Waals surface area contributed by atoms with Crippen LogP contribution in [0.3, 0.4) is 0 Å². The second kappa shape index (κ2) is 8.14. The van der Waals surface area contributed by atoms with Crippen molar-refractivity contribution in [3.63, 3.8) is 0 Å². The number of hydrogen-bond donors (Lipinski definition) is 1. The summed E-state index contributed by atoms with van der Waals surface area (Å²) in [4.78, 5) is 20.3. The quantitative estimate of drug-likeness (QED) is 0.574. The van der Waals surface area contributed by atoms with Crippen LogP contribution in [-0.2, 0) is 4.79 Å². The molecule has 2 aromatic carbocycles. The number of allylic oxidation sites excluding steroid dienone is 1. The van der Waals surface area contributed by atoms with Gasteiger partial charge in [-0.25, -0.2) is 4.98 Å². The fourth-order valence-electron chi connectivity index (χ4n) is 4.14. The van der Waals surface area contributed by atoms with Crippen molar-refractivity contribution in [3.8, 4) is 5.75 Å². The van der Waals surface area contributed by atoms with E-state index in [0.29, 0.717) is 18.7 Å². The van der Waals surface area contributed by atoms with E-state index in [-0.39, 0.29) is 11.9 Å². The molecular weight excluding hydrogens is 444 g/mol. The summed E-state index contributed by atoms with van der Waals surface area (Å²) in [5, 5.41) is 3.37. The van der Waals surface area contributed by atoms with Gasteiger partial charge in [0.1, 0.15) is 5.75 Å². The number of anilines is 1. The Morgan fingerprint density at radius 1 is 1.23 bits per heavy atom. The number of nitrogens with zero attached hydrogens (tertiary/aromatic N) is 3. The van der Waals surface area contributed by atoms with E-state index in [1.807, 2.05) is 68.1 Å². The van der Waals surface area contributed by atoms with Crippen LogP contribution in [0.5, 0.6) is 5.75 Å². The lowest BCUT2D eigenvalue weighted by molar-refractivity contribution is -0.127. The zero-order valence-corrected chi connectivity index (χ0v) is 19.2. The highest BCUT2D eigenvalue weighted by Crippen LogP contribution is 2.43. The molecule has 7 heteroatoms. The molecule has 156 valence electrons. The van der Waals surface area contributed by atoms with Crippen molar-refractivity contribution < 1.29 is 9.53 Å². The van der Waals surface area contributed by atoms with Crippen LogP contribution in [0.4, 0.5) is 5.95 Å². The van der Waals surface area contributed by atoms with Crippen molar-refractivity contribution in [2.45, 2.75) is 26.8 Å². The predicted octanol–water partition coefficient (Wildman–Crippen LogP) is 4.96. The number of rotatable bonds is 5. The van der Waals surface area contributed by atoms with Gasteiger partial charge in [0, 0.05) is 28.8 Å². The lowest BCUT2D eigenvalue weighted by Gasteiger charge is -2.33. The SMILES string of the molecule is CCN(CC)C(=O)C1=C(C)Nc2nc3ccccc3n2C1c1cc(Br)ccc1OC. The van der Waals surface area contributed by atoms with Crippen LogP contribution >= 0.6 is 15.9 Å². The van der Waals surface area contributed by atoms with Gasteiger partial charge < -0.3 is 15.0 Å². The maximum atomic E-state index is 13.6. The molecular formula is C23H25BrN4O2. The number of nitrogens with one attached hydrogen (secondary N) is 1. The predicted molar refractivity (Wildman–Crippen MR) is 123 cm³/mol.